The molecule has 10 heavy (non-hydrogen) atoms. The highest BCUT2D eigenvalue weighted by Gasteiger charge is 1.88. The summed E-state index contributed by atoms with van der Waals surface area (Å²) in [6.07, 6.45) is 2.77. The summed E-state index contributed by atoms with van der Waals surface area (Å²) in [7, 11) is 0. The summed E-state index contributed by atoms with van der Waals surface area (Å²) in [4.78, 5) is 0. The monoisotopic (exact) mass is 148 g/mol. The number of hydrogen-bond donors (Lipinski definition) is 2. The Kier molecular flexibility index (Phi) is 14.7. The van der Waals surface area contributed by atoms with Gasteiger partial charge in [-0.3, -0.25) is 0 Å². The number of aliphatic hydroxyl groups is 2. The molecule has 0 aromatic rings. The third-order valence-electron chi connectivity index (χ3n) is 1.05. The van der Waals surface area contributed by atoms with Crippen molar-refractivity contribution >= 4 is 0 Å². The van der Waals surface area contributed by atoms with Crippen molar-refractivity contribution in [2.45, 2.75) is 46.1 Å². The van der Waals surface area contributed by atoms with E-state index in [9.17, 15) is 0 Å². The van der Waals surface area contributed by atoms with Crippen molar-refractivity contribution in [2.75, 3.05) is 6.61 Å². The van der Waals surface area contributed by atoms with Crippen molar-refractivity contribution in [2.24, 2.45) is 0 Å². The highest BCUT2D eigenvalue weighted by molar-refractivity contribution is 4.40. The summed E-state index contributed by atoms with van der Waals surface area (Å²) in [5, 5.41) is 16.5. The van der Waals surface area contributed by atoms with Gasteiger partial charge in [-0.2, -0.15) is 0 Å². The molecule has 0 saturated heterocycles. The maximum absolute atomic E-state index is 8.39. The topological polar surface area (TPSA) is 40.5 Å². The number of aliphatic hydroxyl groups excluding tert-OH is 2. The van der Waals surface area contributed by atoms with Gasteiger partial charge in [-0.25, -0.2) is 0 Å². The van der Waals surface area contributed by atoms with E-state index in [1.54, 1.807) is 6.92 Å². The Hall–Kier alpha value is -0.0800. The first-order valence-electron chi connectivity index (χ1n) is 3.97. The van der Waals surface area contributed by atoms with E-state index in [0.29, 0.717) is 6.42 Å². The molecule has 64 valence electrons. The molecule has 0 rings (SSSR count). The minimum absolute atomic E-state index is 0.0810. The van der Waals surface area contributed by atoms with Gasteiger partial charge < -0.3 is 10.2 Å². The van der Waals surface area contributed by atoms with Crippen LogP contribution in [0.3, 0.4) is 0 Å². The van der Waals surface area contributed by atoms with Gasteiger partial charge in [0, 0.05) is 6.61 Å². The number of unbranched alkanes of at least 4 members (excludes halogenated alkanes) is 1. The molecule has 0 spiro atoms. The first kappa shape index (κ1) is 12.6. The highest BCUT2D eigenvalue weighted by atomic mass is 16.3. The average molecular weight is 148 g/mol. The van der Waals surface area contributed by atoms with Crippen molar-refractivity contribution in [3.8, 4) is 0 Å². The average Bonchev–Trinajstić information content (AvgIpc) is 1.89. The Balaban J connectivity index is 0. The van der Waals surface area contributed by atoms with Gasteiger partial charge in [0.25, 0.3) is 0 Å². The van der Waals surface area contributed by atoms with E-state index in [2.05, 4.69) is 13.8 Å². The summed E-state index contributed by atoms with van der Waals surface area (Å²) in [5.41, 5.74) is 0. The third-order valence-corrected chi connectivity index (χ3v) is 1.05. The standard InChI is InChI=1S/C4H10O2.C4H10/c1-4(6)2-3-5;1-3-4-2/h4-6H,2-3H2,1H3;3-4H2,1-2H3. The van der Waals surface area contributed by atoms with E-state index < -0.39 is 0 Å². The fourth-order valence-electron chi connectivity index (χ4n) is 0.187. The lowest BCUT2D eigenvalue weighted by Crippen LogP contribution is -2.00. The van der Waals surface area contributed by atoms with Crippen molar-refractivity contribution in [3.63, 3.8) is 0 Å². The van der Waals surface area contributed by atoms with Gasteiger partial charge in [0.05, 0.1) is 6.10 Å². The van der Waals surface area contributed by atoms with E-state index in [0.717, 1.165) is 0 Å². The van der Waals surface area contributed by atoms with Crippen LogP contribution in [-0.4, -0.2) is 22.9 Å². The Morgan fingerprint density at radius 1 is 1.20 bits per heavy atom. The van der Waals surface area contributed by atoms with E-state index in [1.165, 1.54) is 12.8 Å². The molecule has 0 aromatic carbocycles. The van der Waals surface area contributed by atoms with Crippen LogP contribution in [0.25, 0.3) is 0 Å². The molecule has 0 radical (unpaired) electrons. The maximum atomic E-state index is 8.39. The van der Waals surface area contributed by atoms with Crippen LogP contribution in [0, 0.1) is 0 Å². The minimum Gasteiger partial charge on any atom is -0.396 e. The largest absolute Gasteiger partial charge is 0.396 e. The Labute approximate surface area is 63.9 Å². The fraction of sp³-hybridized carbons (Fsp3) is 1.00. The molecule has 1 unspecified atom stereocenters. The van der Waals surface area contributed by atoms with Crippen molar-refractivity contribution in [3.05, 3.63) is 0 Å². The van der Waals surface area contributed by atoms with Crippen LogP contribution in [0.4, 0.5) is 0 Å². The van der Waals surface area contributed by atoms with Crippen LogP contribution in [0.5, 0.6) is 0 Å². The van der Waals surface area contributed by atoms with Gasteiger partial charge >= 0.3 is 0 Å². The van der Waals surface area contributed by atoms with Crippen LogP contribution in [0.1, 0.15) is 40.0 Å². The van der Waals surface area contributed by atoms with Crippen LogP contribution >= 0.6 is 0 Å². The molecule has 0 aliphatic heterocycles. The molecule has 0 aromatic heterocycles. The van der Waals surface area contributed by atoms with E-state index in [-0.39, 0.29) is 12.7 Å². The molecule has 0 saturated carbocycles. The van der Waals surface area contributed by atoms with Gasteiger partial charge in [0.1, 0.15) is 0 Å². The third kappa shape index (κ3) is 24.7. The van der Waals surface area contributed by atoms with Gasteiger partial charge in [-0.1, -0.05) is 26.7 Å². The molecule has 0 bridgehead atoms. The summed E-state index contributed by atoms with van der Waals surface area (Å²) in [6.45, 7) is 6.09. The zero-order valence-electron chi connectivity index (χ0n) is 7.30. The molecular formula is C8H20O2. The molecule has 2 heteroatoms. The van der Waals surface area contributed by atoms with Gasteiger partial charge in [-0.15, -0.1) is 0 Å². The zero-order valence-corrected chi connectivity index (χ0v) is 7.30. The predicted molar refractivity (Wildman–Crippen MR) is 44.0 cm³/mol. The number of rotatable bonds is 3. The maximum Gasteiger partial charge on any atom is 0.0533 e. The highest BCUT2D eigenvalue weighted by Crippen LogP contribution is 1.83. The zero-order chi connectivity index (χ0) is 8.41. The van der Waals surface area contributed by atoms with Crippen LogP contribution < -0.4 is 0 Å². The minimum atomic E-state index is -0.352. The Morgan fingerprint density at radius 3 is 1.60 bits per heavy atom. The first-order chi connectivity index (χ1) is 4.68. The van der Waals surface area contributed by atoms with Crippen molar-refractivity contribution < 1.29 is 10.2 Å². The first-order valence-corrected chi connectivity index (χ1v) is 3.97. The summed E-state index contributed by atoms with van der Waals surface area (Å²) >= 11 is 0. The van der Waals surface area contributed by atoms with E-state index in [1.807, 2.05) is 0 Å². The molecular weight excluding hydrogens is 128 g/mol. The van der Waals surface area contributed by atoms with Crippen LogP contribution in [-0.2, 0) is 0 Å². The quantitative estimate of drug-likeness (QED) is 0.637. The van der Waals surface area contributed by atoms with E-state index >= 15 is 0 Å². The second-order valence-electron chi connectivity index (χ2n) is 2.36. The second-order valence-corrected chi connectivity index (χ2v) is 2.36. The van der Waals surface area contributed by atoms with Gasteiger partial charge in [-0.05, 0) is 13.3 Å². The van der Waals surface area contributed by atoms with Gasteiger partial charge in [0.15, 0.2) is 0 Å². The van der Waals surface area contributed by atoms with Crippen molar-refractivity contribution in [1.29, 1.82) is 0 Å². The smallest absolute Gasteiger partial charge is 0.0533 e. The lowest BCUT2D eigenvalue weighted by atomic mass is 10.3. The SMILES string of the molecule is CC(O)CCO.CCCC. The summed E-state index contributed by atoms with van der Waals surface area (Å²) < 4.78 is 0. The molecule has 0 aliphatic rings. The lowest BCUT2D eigenvalue weighted by molar-refractivity contribution is 0.148. The predicted octanol–water partition coefficient (Wildman–Crippen LogP) is 1.56. The molecule has 0 aliphatic carbocycles. The number of hydrogen-bond acceptors (Lipinski definition) is 2. The van der Waals surface area contributed by atoms with E-state index in [4.69, 9.17) is 10.2 Å². The lowest BCUT2D eigenvalue weighted by Gasteiger charge is -1.95. The van der Waals surface area contributed by atoms with Gasteiger partial charge in [0.2, 0.25) is 0 Å². The summed E-state index contributed by atoms with van der Waals surface area (Å²) in [5.74, 6) is 0. The molecule has 0 amide bonds. The normalized spacial score (nSPS) is 11.7. The fourth-order valence-corrected chi connectivity index (χ4v) is 0.187. The van der Waals surface area contributed by atoms with Crippen LogP contribution in [0.15, 0.2) is 0 Å². The Bertz CT molecular complexity index is 42.5. The second kappa shape index (κ2) is 11.7. The van der Waals surface area contributed by atoms with Crippen LogP contribution in [0.2, 0.25) is 0 Å². The molecule has 0 fully saturated rings. The Morgan fingerprint density at radius 2 is 1.60 bits per heavy atom. The molecule has 1 atom stereocenters. The molecule has 0 heterocycles. The molecule has 2 N–H and O–H groups in total. The summed E-state index contributed by atoms with van der Waals surface area (Å²) in [6, 6.07) is 0. The van der Waals surface area contributed by atoms with Crippen molar-refractivity contribution in [1.82, 2.24) is 0 Å². The molecule has 2 nitrogen and oxygen atoms in total.